The second-order valence-electron chi connectivity index (χ2n) is 4.55. The van der Waals surface area contributed by atoms with Crippen molar-refractivity contribution in [2.24, 2.45) is 11.5 Å². The lowest BCUT2D eigenvalue weighted by atomic mass is 10.1. The summed E-state index contributed by atoms with van der Waals surface area (Å²) in [6, 6.07) is 4.85. The molecule has 22 heavy (non-hydrogen) atoms. The number of carbonyl (C=O) groups is 2. The molecule has 1 rings (SSSR count). The van der Waals surface area contributed by atoms with Gasteiger partial charge in [0.15, 0.2) is 0 Å². The molecule has 0 aliphatic heterocycles. The summed E-state index contributed by atoms with van der Waals surface area (Å²) in [5.41, 5.74) is 12.1. The molecule has 0 unspecified atom stereocenters. The molecule has 0 bridgehead atoms. The first-order valence-corrected chi connectivity index (χ1v) is 7.03. The molecule has 0 aliphatic rings. The number of rotatable bonds is 6. The van der Waals surface area contributed by atoms with Crippen molar-refractivity contribution >= 4 is 17.6 Å². The quantitative estimate of drug-likeness (QED) is 0.410. The highest BCUT2D eigenvalue weighted by molar-refractivity contribution is 5.95. The summed E-state index contributed by atoms with van der Waals surface area (Å²) in [6.07, 6.45) is 1.95. The molecule has 6 heteroatoms. The van der Waals surface area contributed by atoms with Crippen molar-refractivity contribution in [1.82, 2.24) is 0 Å². The molecule has 0 atom stereocenters. The van der Waals surface area contributed by atoms with Crippen molar-refractivity contribution in [3.05, 3.63) is 29.3 Å². The first kappa shape index (κ1) is 17.7. The standard InChI is InChI=1S/C16H21N3O3/c1-22-16(21)14-8-7-13(11-12(14)5-4-10-18)19-15(20)6-2-3-9-17/h7-8,11H,2-3,6,9-10,17-18H2,1H3,(H,19,20). The maximum atomic E-state index is 11.8. The van der Waals surface area contributed by atoms with E-state index >= 15 is 0 Å². The summed E-state index contributed by atoms with van der Waals surface area (Å²) in [6.45, 7) is 0.746. The van der Waals surface area contributed by atoms with Gasteiger partial charge in [0, 0.05) is 17.7 Å². The number of ether oxygens (including phenoxy) is 1. The molecule has 0 saturated heterocycles. The van der Waals surface area contributed by atoms with Crippen LogP contribution in [0.4, 0.5) is 5.69 Å². The number of anilines is 1. The fourth-order valence-corrected chi connectivity index (χ4v) is 1.81. The molecule has 0 aliphatic carbocycles. The number of amides is 1. The lowest BCUT2D eigenvalue weighted by Gasteiger charge is -2.08. The Kier molecular flexibility index (Phi) is 7.68. The zero-order valence-corrected chi connectivity index (χ0v) is 12.6. The Bertz CT molecular complexity index is 588. The second-order valence-corrected chi connectivity index (χ2v) is 4.55. The van der Waals surface area contributed by atoms with Crippen molar-refractivity contribution in [1.29, 1.82) is 0 Å². The molecule has 0 aromatic heterocycles. The maximum Gasteiger partial charge on any atom is 0.339 e. The summed E-state index contributed by atoms with van der Waals surface area (Å²) in [4.78, 5) is 23.5. The van der Waals surface area contributed by atoms with Crippen LogP contribution in [0.2, 0.25) is 0 Å². The molecular weight excluding hydrogens is 282 g/mol. The van der Waals surface area contributed by atoms with E-state index in [9.17, 15) is 9.59 Å². The number of hydrogen-bond acceptors (Lipinski definition) is 5. The Morgan fingerprint density at radius 3 is 2.68 bits per heavy atom. The van der Waals surface area contributed by atoms with E-state index in [2.05, 4.69) is 17.2 Å². The number of benzene rings is 1. The first-order chi connectivity index (χ1) is 10.6. The van der Waals surface area contributed by atoms with Crippen LogP contribution in [0.3, 0.4) is 0 Å². The number of nitrogens with one attached hydrogen (secondary N) is 1. The van der Waals surface area contributed by atoms with E-state index in [1.165, 1.54) is 7.11 Å². The fourth-order valence-electron chi connectivity index (χ4n) is 1.81. The van der Waals surface area contributed by atoms with Gasteiger partial charge in [0.2, 0.25) is 5.91 Å². The minimum Gasteiger partial charge on any atom is -0.465 e. The van der Waals surface area contributed by atoms with Gasteiger partial charge in [0.1, 0.15) is 0 Å². The molecule has 1 aromatic rings. The van der Waals surface area contributed by atoms with Gasteiger partial charge in [-0.15, -0.1) is 0 Å². The lowest BCUT2D eigenvalue weighted by molar-refractivity contribution is -0.116. The smallest absolute Gasteiger partial charge is 0.339 e. The van der Waals surface area contributed by atoms with Crippen molar-refractivity contribution in [2.45, 2.75) is 19.3 Å². The van der Waals surface area contributed by atoms with Crippen molar-refractivity contribution in [2.75, 3.05) is 25.5 Å². The van der Waals surface area contributed by atoms with Crippen molar-refractivity contribution in [3.63, 3.8) is 0 Å². The molecule has 0 fully saturated rings. The van der Waals surface area contributed by atoms with Crippen molar-refractivity contribution < 1.29 is 14.3 Å². The van der Waals surface area contributed by atoms with E-state index in [0.29, 0.717) is 29.8 Å². The highest BCUT2D eigenvalue weighted by Crippen LogP contribution is 2.17. The maximum absolute atomic E-state index is 11.8. The predicted molar refractivity (Wildman–Crippen MR) is 85.2 cm³/mol. The summed E-state index contributed by atoms with van der Waals surface area (Å²) >= 11 is 0. The number of methoxy groups -OCH3 is 1. The third-order valence-electron chi connectivity index (χ3n) is 2.89. The highest BCUT2D eigenvalue weighted by Gasteiger charge is 2.12. The minimum atomic E-state index is -0.484. The van der Waals surface area contributed by atoms with E-state index in [1.54, 1.807) is 18.2 Å². The molecular formula is C16H21N3O3. The normalized spacial score (nSPS) is 9.59. The van der Waals surface area contributed by atoms with Gasteiger partial charge in [0.25, 0.3) is 0 Å². The Morgan fingerprint density at radius 2 is 2.05 bits per heavy atom. The minimum absolute atomic E-state index is 0.1000. The first-order valence-electron chi connectivity index (χ1n) is 7.03. The Morgan fingerprint density at radius 1 is 1.27 bits per heavy atom. The molecule has 118 valence electrons. The lowest BCUT2D eigenvalue weighted by Crippen LogP contribution is -2.13. The predicted octanol–water partition coefficient (Wildman–Crippen LogP) is 0.851. The van der Waals surface area contributed by atoms with Gasteiger partial charge in [-0.2, -0.15) is 0 Å². The summed E-state index contributed by atoms with van der Waals surface area (Å²) in [5.74, 6) is 4.92. The van der Waals surface area contributed by atoms with Crippen LogP contribution in [-0.4, -0.2) is 32.1 Å². The molecule has 1 aromatic carbocycles. The van der Waals surface area contributed by atoms with Crippen LogP contribution >= 0.6 is 0 Å². The number of carbonyl (C=O) groups excluding carboxylic acids is 2. The fraction of sp³-hybridized carbons (Fsp3) is 0.375. The molecule has 0 saturated carbocycles. The molecule has 5 N–H and O–H groups in total. The largest absolute Gasteiger partial charge is 0.465 e. The molecule has 0 radical (unpaired) electrons. The molecule has 1 amide bonds. The van der Waals surface area contributed by atoms with Gasteiger partial charge in [-0.05, 0) is 37.6 Å². The van der Waals surface area contributed by atoms with Crippen LogP contribution in [0.1, 0.15) is 35.2 Å². The number of unbranched alkanes of at least 4 members (excludes halogenated alkanes) is 1. The SMILES string of the molecule is COC(=O)c1ccc(NC(=O)CCCCN)cc1C#CCN. The van der Waals surface area contributed by atoms with Crippen LogP contribution in [0.25, 0.3) is 0 Å². The number of esters is 1. The van der Waals surface area contributed by atoms with Crippen LogP contribution in [-0.2, 0) is 9.53 Å². The van der Waals surface area contributed by atoms with Crippen LogP contribution in [0.15, 0.2) is 18.2 Å². The summed E-state index contributed by atoms with van der Waals surface area (Å²) < 4.78 is 4.71. The zero-order chi connectivity index (χ0) is 16.4. The van der Waals surface area contributed by atoms with E-state index in [0.717, 1.165) is 12.8 Å². The van der Waals surface area contributed by atoms with Crippen LogP contribution < -0.4 is 16.8 Å². The van der Waals surface area contributed by atoms with Gasteiger partial charge < -0.3 is 21.5 Å². The second kappa shape index (κ2) is 9.55. The van der Waals surface area contributed by atoms with E-state index in [4.69, 9.17) is 16.2 Å². The molecule has 0 heterocycles. The van der Waals surface area contributed by atoms with Gasteiger partial charge in [0.05, 0.1) is 19.2 Å². The van der Waals surface area contributed by atoms with Crippen LogP contribution in [0, 0.1) is 11.8 Å². The van der Waals surface area contributed by atoms with Crippen molar-refractivity contribution in [3.8, 4) is 11.8 Å². The average Bonchev–Trinajstić information content (AvgIpc) is 2.52. The third kappa shape index (κ3) is 5.56. The molecule has 0 spiro atoms. The van der Waals surface area contributed by atoms with Gasteiger partial charge in [-0.25, -0.2) is 4.79 Å². The number of hydrogen-bond donors (Lipinski definition) is 3. The van der Waals surface area contributed by atoms with E-state index in [1.807, 2.05) is 0 Å². The van der Waals surface area contributed by atoms with Crippen LogP contribution in [0.5, 0.6) is 0 Å². The zero-order valence-electron chi connectivity index (χ0n) is 12.6. The Balaban J connectivity index is 2.89. The van der Waals surface area contributed by atoms with Gasteiger partial charge >= 0.3 is 5.97 Å². The Hall–Kier alpha value is -2.36. The topological polar surface area (TPSA) is 107 Å². The van der Waals surface area contributed by atoms with Gasteiger partial charge in [-0.3, -0.25) is 4.79 Å². The Labute approximate surface area is 130 Å². The van der Waals surface area contributed by atoms with E-state index in [-0.39, 0.29) is 12.5 Å². The van der Waals surface area contributed by atoms with Gasteiger partial charge in [-0.1, -0.05) is 11.8 Å². The molecule has 6 nitrogen and oxygen atoms in total. The average molecular weight is 303 g/mol. The monoisotopic (exact) mass is 303 g/mol. The summed E-state index contributed by atoms with van der Waals surface area (Å²) in [5, 5.41) is 2.77. The highest BCUT2D eigenvalue weighted by atomic mass is 16.5. The number of nitrogens with two attached hydrogens (primary N) is 2. The van der Waals surface area contributed by atoms with E-state index < -0.39 is 5.97 Å². The summed E-state index contributed by atoms with van der Waals surface area (Å²) in [7, 11) is 1.30. The third-order valence-corrected chi connectivity index (χ3v) is 2.89.